The molecule has 0 amide bonds. The Hall–Kier alpha value is -1.54. The largest absolute Gasteiger partial charge is 0.468 e. The summed E-state index contributed by atoms with van der Waals surface area (Å²) in [5, 5.41) is 3.33. The zero-order valence-corrected chi connectivity index (χ0v) is 18.1. The molecule has 0 spiro atoms. The molecule has 0 bridgehead atoms. The smallest absolute Gasteiger partial charge is 0.194 e. The van der Waals surface area contributed by atoms with Crippen LogP contribution in [-0.4, -0.2) is 73.9 Å². The Kier molecular flexibility index (Phi) is 7.33. The van der Waals surface area contributed by atoms with Gasteiger partial charge in [-0.15, -0.1) is 0 Å². The summed E-state index contributed by atoms with van der Waals surface area (Å²) in [6, 6.07) is 3.95. The summed E-state index contributed by atoms with van der Waals surface area (Å²) in [4.78, 5) is 9.24. The average Bonchev–Trinajstić information content (AvgIpc) is 3.14. The topological polar surface area (TPSA) is 78.2 Å². The first-order valence-electron chi connectivity index (χ1n) is 9.78. The number of sulfone groups is 1. The molecule has 1 aromatic rings. The van der Waals surface area contributed by atoms with Crippen molar-refractivity contribution in [2.75, 3.05) is 45.0 Å². The Morgan fingerprint density at radius 3 is 2.59 bits per heavy atom. The van der Waals surface area contributed by atoms with Gasteiger partial charge >= 0.3 is 0 Å². The SMILES string of the molecule is CCNC(=NCC(c1ccco1)N(CC)CC)N1CCS(=O)(=O)C(C)(C)C1. The van der Waals surface area contributed by atoms with Crippen molar-refractivity contribution < 1.29 is 12.8 Å². The van der Waals surface area contributed by atoms with Crippen molar-refractivity contribution >= 4 is 15.8 Å². The van der Waals surface area contributed by atoms with Crippen LogP contribution in [0.2, 0.25) is 0 Å². The van der Waals surface area contributed by atoms with Gasteiger partial charge in [0.15, 0.2) is 15.8 Å². The number of aliphatic imine (C=N–C) groups is 1. The third-order valence-corrected chi connectivity index (χ3v) is 7.75. The maximum Gasteiger partial charge on any atom is 0.194 e. The van der Waals surface area contributed by atoms with Gasteiger partial charge in [-0.25, -0.2) is 8.42 Å². The van der Waals surface area contributed by atoms with Crippen LogP contribution in [0.25, 0.3) is 0 Å². The fourth-order valence-electron chi connectivity index (χ4n) is 3.45. The highest BCUT2D eigenvalue weighted by atomic mass is 32.2. The lowest BCUT2D eigenvalue weighted by atomic mass is 10.2. The van der Waals surface area contributed by atoms with E-state index in [1.165, 1.54) is 0 Å². The molecule has 27 heavy (non-hydrogen) atoms. The minimum Gasteiger partial charge on any atom is -0.468 e. The number of rotatable bonds is 7. The molecule has 1 aromatic heterocycles. The molecule has 1 unspecified atom stereocenters. The molecule has 1 fully saturated rings. The summed E-state index contributed by atoms with van der Waals surface area (Å²) >= 11 is 0. The Morgan fingerprint density at radius 2 is 2.07 bits per heavy atom. The van der Waals surface area contributed by atoms with E-state index in [1.807, 2.05) is 19.1 Å². The van der Waals surface area contributed by atoms with E-state index in [0.29, 0.717) is 19.6 Å². The number of hydrogen-bond donors (Lipinski definition) is 1. The van der Waals surface area contributed by atoms with Crippen molar-refractivity contribution in [1.82, 2.24) is 15.1 Å². The van der Waals surface area contributed by atoms with Crippen LogP contribution in [0, 0.1) is 0 Å². The van der Waals surface area contributed by atoms with Gasteiger partial charge < -0.3 is 14.6 Å². The molecule has 1 saturated heterocycles. The van der Waals surface area contributed by atoms with E-state index < -0.39 is 14.6 Å². The quantitative estimate of drug-likeness (QED) is 0.560. The van der Waals surface area contributed by atoms with Crippen LogP contribution < -0.4 is 5.32 Å². The summed E-state index contributed by atoms with van der Waals surface area (Å²) in [6.45, 7) is 13.9. The summed E-state index contributed by atoms with van der Waals surface area (Å²) in [5.41, 5.74) is 0. The van der Waals surface area contributed by atoms with E-state index in [2.05, 4.69) is 29.0 Å². The monoisotopic (exact) mass is 398 g/mol. The van der Waals surface area contributed by atoms with Gasteiger partial charge in [0.05, 0.1) is 29.3 Å². The Balaban J connectivity index is 2.23. The Morgan fingerprint density at radius 1 is 1.37 bits per heavy atom. The highest BCUT2D eigenvalue weighted by Crippen LogP contribution is 2.25. The first-order valence-corrected chi connectivity index (χ1v) is 11.4. The average molecular weight is 399 g/mol. The lowest BCUT2D eigenvalue weighted by Gasteiger charge is -2.39. The summed E-state index contributed by atoms with van der Waals surface area (Å²) in [7, 11) is -3.08. The zero-order chi connectivity index (χ0) is 20.1. The van der Waals surface area contributed by atoms with Gasteiger partial charge in [0.2, 0.25) is 0 Å². The number of furan rings is 1. The van der Waals surface area contributed by atoms with Crippen LogP contribution in [0.3, 0.4) is 0 Å². The highest BCUT2D eigenvalue weighted by molar-refractivity contribution is 7.92. The van der Waals surface area contributed by atoms with Crippen molar-refractivity contribution in [2.24, 2.45) is 4.99 Å². The van der Waals surface area contributed by atoms with Gasteiger partial charge in [-0.05, 0) is 46.0 Å². The van der Waals surface area contributed by atoms with E-state index in [0.717, 1.165) is 31.4 Å². The Bertz CT molecular complexity index is 709. The van der Waals surface area contributed by atoms with Gasteiger partial charge in [-0.2, -0.15) is 0 Å². The number of hydrogen-bond acceptors (Lipinski definition) is 5. The van der Waals surface area contributed by atoms with Gasteiger partial charge in [0, 0.05) is 19.6 Å². The van der Waals surface area contributed by atoms with Crippen molar-refractivity contribution in [3.63, 3.8) is 0 Å². The van der Waals surface area contributed by atoms with Crippen molar-refractivity contribution in [3.8, 4) is 0 Å². The Labute approximate surface area is 163 Å². The summed E-state index contributed by atoms with van der Waals surface area (Å²) in [5.74, 6) is 1.83. The molecule has 0 aliphatic carbocycles. The maximum absolute atomic E-state index is 12.3. The molecular weight excluding hydrogens is 364 g/mol. The molecule has 0 aromatic carbocycles. The molecule has 7 nitrogen and oxygen atoms in total. The van der Waals surface area contributed by atoms with Gasteiger partial charge in [-0.3, -0.25) is 9.89 Å². The number of nitrogens with zero attached hydrogens (tertiary/aromatic N) is 3. The lowest BCUT2D eigenvalue weighted by molar-refractivity contribution is 0.197. The molecule has 1 atom stereocenters. The molecule has 1 N–H and O–H groups in total. The number of likely N-dealkylation sites (N-methyl/N-ethyl adjacent to an activating group) is 1. The van der Waals surface area contributed by atoms with Crippen molar-refractivity contribution in [2.45, 2.75) is 45.4 Å². The second kappa shape index (κ2) is 9.10. The van der Waals surface area contributed by atoms with Crippen LogP contribution in [0.4, 0.5) is 0 Å². The highest BCUT2D eigenvalue weighted by Gasteiger charge is 2.41. The van der Waals surface area contributed by atoms with E-state index in [9.17, 15) is 8.42 Å². The van der Waals surface area contributed by atoms with Crippen LogP contribution in [0.15, 0.2) is 27.8 Å². The second-order valence-corrected chi connectivity index (χ2v) is 10.2. The van der Waals surface area contributed by atoms with E-state index in [-0.39, 0.29) is 11.8 Å². The minimum absolute atomic E-state index is 0.0604. The fraction of sp³-hybridized carbons (Fsp3) is 0.737. The standard InChI is InChI=1S/C19H34N4O3S/c1-6-20-18(23-11-13-27(24,25)19(4,5)15-23)21-14-16(22(7-2)8-3)17-10-9-12-26-17/h9-10,12,16H,6-8,11,13-15H2,1-5H3,(H,20,21). The van der Waals surface area contributed by atoms with Crippen LogP contribution >= 0.6 is 0 Å². The molecule has 154 valence electrons. The predicted molar refractivity (Wildman–Crippen MR) is 110 cm³/mol. The van der Waals surface area contributed by atoms with Crippen LogP contribution in [-0.2, 0) is 9.84 Å². The molecule has 2 rings (SSSR count). The van der Waals surface area contributed by atoms with Crippen LogP contribution in [0.1, 0.15) is 46.4 Å². The first kappa shape index (κ1) is 21.8. The normalized spacial score (nSPS) is 20.7. The van der Waals surface area contributed by atoms with E-state index >= 15 is 0 Å². The lowest BCUT2D eigenvalue weighted by Crippen LogP contribution is -2.57. The molecule has 2 heterocycles. The predicted octanol–water partition coefficient (Wildman–Crippen LogP) is 2.14. The third-order valence-electron chi connectivity index (χ3n) is 5.22. The minimum atomic E-state index is -3.08. The van der Waals surface area contributed by atoms with Crippen molar-refractivity contribution in [1.29, 1.82) is 0 Å². The van der Waals surface area contributed by atoms with Crippen molar-refractivity contribution in [3.05, 3.63) is 24.2 Å². The molecule has 1 aliphatic rings. The summed E-state index contributed by atoms with van der Waals surface area (Å²) < 4.78 is 29.5. The maximum atomic E-state index is 12.3. The fourth-order valence-corrected chi connectivity index (χ4v) is 4.82. The molecule has 0 radical (unpaired) electrons. The molecule has 0 saturated carbocycles. The molecule has 8 heteroatoms. The third kappa shape index (κ3) is 5.04. The molecule has 1 aliphatic heterocycles. The van der Waals surface area contributed by atoms with E-state index in [4.69, 9.17) is 9.41 Å². The van der Waals surface area contributed by atoms with Gasteiger partial charge in [0.25, 0.3) is 0 Å². The van der Waals surface area contributed by atoms with Gasteiger partial charge in [-0.1, -0.05) is 13.8 Å². The first-order chi connectivity index (χ1) is 12.8. The number of nitrogens with one attached hydrogen (secondary N) is 1. The van der Waals surface area contributed by atoms with Gasteiger partial charge in [0.1, 0.15) is 5.76 Å². The molecular formula is C19H34N4O3S. The number of guanidine groups is 1. The zero-order valence-electron chi connectivity index (χ0n) is 17.2. The summed E-state index contributed by atoms with van der Waals surface area (Å²) in [6.07, 6.45) is 1.69. The van der Waals surface area contributed by atoms with Crippen LogP contribution in [0.5, 0.6) is 0 Å². The van der Waals surface area contributed by atoms with E-state index in [1.54, 1.807) is 20.1 Å². The second-order valence-electron chi connectivity index (χ2n) is 7.45.